The third kappa shape index (κ3) is 6.21. The lowest BCUT2D eigenvalue weighted by atomic mass is 9.50. The van der Waals surface area contributed by atoms with Crippen LogP contribution in [0, 0.1) is 23.2 Å². The molecule has 4 aliphatic carbocycles. The van der Waals surface area contributed by atoms with Crippen molar-refractivity contribution in [3.05, 3.63) is 0 Å². The van der Waals surface area contributed by atoms with Gasteiger partial charge in [0, 0.05) is 13.2 Å². The van der Waals surface area contributed by atoms with Gasteiger partial charge in [-0.3, -0.25) is 9.69 Å². The zero-order valence-corrected chi connectivity index (χ0v) is 21.5. The lowest BCUT2D eigenvalue weighted by Crippen LogP contribution is -2.70. The standard InChI is InChI=1S/C27H48N2O6/c1-2-3-8-29-21(16-30)23(31)25(33)24(32)22(29)26(34)28-7-5-4-6-9-35-17-27-13-18-10-19(14-27)12-20(11-18)15-27/h18-25,30-33H,2-17H2,1H3,(H,28,34)/t18?,19?,20?,21-,22-,23+,24-,25-,27?/m0/s1. The molecule has 5 atom stereocenters. The van der Waals surface area contributed by atoms with Crippen LogP contribution < -0.4 is 5.32 Å². The fraction of sp³-hybridized carbons (Fsp3) is 0.963. The van der Waals surface area contributed by atoms with Gasteiger partial charge in [0.1, 0.15) is 24.4 Å². The summed E-state index contributed by atoms with van der Waals surface area (Å²) in [4.78, 5) is 14.6. The summed E-state index contributed by atoms with van der Waals surface area (Å²) in [5, 5.41) is 43.7. The Morgan fingerprint density at radius 1 is 0.943 bits per heavy atom. The molecular weight excluding hydrogens is 448 g/mol. The Labute approximate surface area is 210 Å². The van der Waals surface area contributed by atoms with Gasteiger partial charge in [-0.25, -0.2) is 0 Å². The van der Waals surface area contributed by atoms with Gasteiger partial charge < -0.3 is 30.5 Å². The number of aliphatic hydroxyl groups is 4. The Bertz CT molecular complexity index is 655. The summed E-state index contributed by atoms with van der Waals surface area (Å²) in [5.41, 5.74) is 0.456. The van der Waals surface area contributed by atoms with Crippen LogP contribution in [0.15, 0.2) is 0 Å². The molecule has 5 fully saturated rings. The van der Waals surface area contributed by atoms with Gasteiger partial charge in [-0.05, 0) is 93.9 Å². The number of hydrogen-bond acceptors (Lipinski definition) is 7. The molecule has 5 N–H and O–H groups in total. The molecule has 1 amide bonds. The minimum Gasteiger partial charge on any atom is -0.395 e. The summed E-state index contributed by atoms with van der Waals surface area (Å²) in [6.45, 7) is 4.26. The highest BCUT2D eigenvalue weighted by Gasteiger charge is 2.51. The van der Waals surface area contributed by atoms with Crippen molar-refractivity contribution in [3.8, 4) is 0 Å². The summed E-state index contributed by atoms with van der Waals surface area (Å²) in [5.74, 6) is 2.49. The van der Waals surface area contributed by atoms with Crippen LogP contribution in [-0.4, -0.2) is 94.5 Å². The minimum absolute atomic E-state index is 0.365. The van der Waals surface area contributed by atoms with Crippen LogP contribution in [-0.2, 0) is 9.53 Å². The molecule has 4 bridgehead atoms. The van der Waals surface area contributed by atoms with E-state index in [0.29, 0.717) is 18.5 Å². The number of likely N-dealkylation sites (tertiary alicyclic amines) is 1. The number of rotatable bonds is 13. The summed E-state index contributed by atoms with van der Waals surface area (Å²) < 4.78 is 6.15. The van der Waals surface area contributed by atoms with Crippen LogP contribution in [0.3, 0.4) is 0 Å². The Morgan fingerprint density at radius 3 is 2.20 bits per heavy atom. The van der Waals surface area contributed by atoms with E-state index in [9.17, 15) is 25.2 Å². The lowest BCUT2D eigenvalue weighted by Gasteiger charge is -2.56. The lowest BCUT2D eigenvalue weighted by molar-refractivity contribution is -0.178. The van der Waals surface area contributed by atoms with Crippen molar-refractivity contribution in [1.82, 2.24) is 10.2 Å². The summed E-state index contributed by atoms with van der Waals surface area (Å²) >= 11 is 0. The molecular formula is C27H48N2O6. The van der Waals surface area contributed by atoms with Gasteiger partial charge in [0.25, 0.3) is 0 Å². The van der Waals surface area contributed by atoms with Crippen molar-refractivity contribution < 1.29 is 30.0 Å². The average molecular weight is 497 g/mol. The minimum atomic E-state index is -1.47. The molecule has 8 heteroatoms. The number of piperidine rings is 1. The van der Waals surface area contributed by atoms with Gasteiger partial charge in [0.15, 0.2) is 0 Å². The average Bonchev–Trinajstić information content (AvgIpc) is 2.82. The Hall–Kier alpha value is -0.770. The maximum Gasteiger partial charge on any atom is 0.240 e. The first-order valence-corrected chi connectivity index (χ1v) is 14.1. The van der Waals surface area contributed by atoms with Crippen LogP contribution in [0.1, 0.15) is 77.6 Å². The third-order valence-corrected chi connectivity index (χ3v) is 9.26. The van der Waals surface area contributed by atoms with Gasteiger partial charge in [-0.1, -0.05) is 13.3 Å². The van der Waals surface area contributed by atoms with Gasteiger partial charge in [0.2, 0.25) is 5.91 Å². The Balaban J connectivity index is 1.14. The number of amides is 1. The number of nitrogens with one attached hydrogen (secondary N) is 1. The number of aliphatic hydroxyl groups excluding tert-OH is 4. The third-order valence-electron chi connectivity index (χ3n) is 9.26. The first-order valence-electron chi connectivity index (χ1n) is 14.1. The molecule has 0 spiro atoms. The van der Waals surface area contributed by atoms with Gasteiger partial charge >= 0.3 is 0 Å². The molecule has 202 valence electrons. The maximum absolute atomic E-state index is 12.9. The van der Waals surface area contributed by atoms with E-state index in [1.54, 1.807) is 4.90 Å². The van der Waals surface area contributed by atoms with Crippen molar-refractivity contribution in [2.75, 3.05) is 32.9 Å². The highest BCUT2D eigenvalue weighted by molar-refractivity contribution is 5.82. The monoisotopic (exact) mass is 496 g/mol. The first kappa shape index (κ1) is 27.3. The number of carbonyl (C=O) groups excluding carboxylic acids is 1. The highest BCUT2D eigenvalue weighted by atomic mass is 16.5. The van der Waals surface area contributed by atoms with Crippen LogP contribution in [0.25, 0.3) is 0 Å². The van der Waals surface area contributed by atoms with Crippen LogP contribution in [0.2, 0.25) is 0 Å². The quantitative estimate of drug-likeness (QED) is 0.245. The molecule has 0 radical (unpaired) electrons. The maximum atomic E-state index is 12.9. The van der Waals surface area contributed by atoms with Crippen molar-refractivity contribution in [2.24, 2.45) is 23.2 Å². The Morgan fingerprint density at radius 2 is 1.60 bits per heavy atom. The van der Waals surface area contributed by atoms with E-state index < -0.39 is 30.4 Å². The first-order chi connectivity index (χ1) is 16.9. The predicted molar refractivity (Wildman–Crippen MR) is 133 cm³/mol. The van der Waals surface area contributed by atoms with E-state index in [1.807, 2.05) is 6.92 Å². The molecule has 0 aromatic rings. The number of carbonyl (C=O) groups is 1. The number of nitrogens with zero attached hydrogens (tertiary/aromatic N) is 1. The van der Waals surface area contributed by atoms with E-state index in [4.69, 9.17) is 4.74 Å². The number of ether oxygens (including phenoxy) is 1. The van der Waals surface area contributed by atoms with Crippen molar-refractivity contribution in [1.29, 1.82) is 0 Å². The van der Waals surface area contributed by atoms with E-state index in [-0.39, 0.29) is 12.5 Å². The van der Waals surface area contributed by atoms with Crippen LogP contribution in [0.5, 0.6) is 0 Å². The zero-order valence-electron chi connectivity index (χ0n) is 21.5. The summed E-state index contributed by atoms with van der Waals surface area (Å²) in [6.07, 6.45) is 8.70. The van der Waals surface area contributed by atoms with Gasteiger partial charge in [-0.15, -0.1) is 0 Å². The predicted octanol–water partition coefficient (Wildman–Crippen LogP) is 1.43. The van der Waals surface area contributed by atoms with E-state index in [0.717, 1.165) is 63.1 Å². The fourth-order valence-electron chi connectivity index (χ4n) is 7.96. The Kier molecular flexibility index (Phi) is 9.49. The molecule has 1 saturated heterocycles. The normalized spacial score (nSPS) is 40.8. The van der Waals surface area contributed by atoms with Crippen LogP contribution >= 0.6 is 0 Å². The smallest absolute Gasteiger partial charge is 0.240 e. The molecule has 5 rings (SSSR count). The zero-order chi connectivity index (χ0) is 25.0. The second-order valence-corrected chi connectivity index (χ2v) is 12.1. The van der Waals surface area contributed by atoms with E-state index in [2.05, 4.69) is 5.32 Å². The fourth-order valence-corrected chi connectivity index (χ4v) is 7.96. The molecule has 0 aromatic carbocycles. The van der Waals surface area contributed by atoms with Crippen LogP contribution in [0.4, 0.5) is 0 Å². The van der Waals surface area contributed by atoms with Gasteiger partial charge in [-0.2, -0.15) is 0 Å². The highest BCUT2D eigenvalue weighted by Crippen LogP contribution is 2.60. The molecule has 0 unspecified atom stereocenters. The largest absolute Gasteiger partial charge is 0.395 e. The molecule has 4 saturated carbocycles. The SMILES string of the molecule is CCCCN1[C@H](C(=O)NCCCCCOCC23CC4CC(CC(C4)C2)C3)[C@H](O)[C@@H](O)[C@H](O)[C@@H]1CO. The van der Waals surface area contributed by atoms with Gasteiger partial charge in [0.05, 0.1) is 19.3 Å². The number of unbranched alkanes of at least 4 members (excludes halogenated alkanes) is 3. The topological polar surface area (TPSA) is 122 Å². The number of hydrogen-bond donors (Lipinski definition) is 5. The van der Waals surface area contributed by atoms with E-state index in [1.165, 1.54) is 38.5 Å². The molecule has 0 aromatic heterocycles. The molecule has 1 heterocycles. The summed E-state index contributed by atoms with van der Waals surface area (Å²) in [6, 6.07) is -1.76. The van der Waals surface area contributed by atoms with Crippen molar-refractivity contribution in [2.45, 2.75) is 108 Å². The van der Waals surface area contributed by atoms with Crippen molar-refractivity contribution >= 4 is 5.91 Å². The molecule has 5 aliphatic rings. The summed E-state index contributed by atoms with van der Waals surface area (Å²) in [7, 11) is 0. The molecule has 35 heavy (non-hydrogen) atoms. The molecule has 8 nitrogen and oxygen atoms in total. The molecule has 1 aliphatic heterocycles. The van der Waals surface area contributed by atoms with Crippen molar-refractivity contribution in [3.63, 3.8) is 0 Å². The second-order valence-electron chi connectivity index (χ2n) is 12.1. The second kappa shape index (κ2) is 12.2. The van der Waals surface area contributed by atoms with E-state index >= 15 is 0 Å².